The van der Waals surface area contributed by atoms with Crippen LogP contribution >= 0.6 is 11.8 Å². The smallest absolute Gasteiger partial charge is 0.357 e. The van der Waals surface area contributed by atoms with Gasteiger partial charge in [-0.2, -0.15) is 13.2 Å². The Morgan fingerprint density at radius 2 is 1.90 bits per heavy atom. The van der Waals surface area contributed by atoms with Gasteiger partial charge in [-0.05, 0) is 30.8 Å². The van der Waals surface area contributed by atoms with Gasteiger partial charge in [-0.3, -0.25) is 0 Å². The molecule has 0 amide bonds. The Kier molecular flexibility index (Phi) is 4.12. The zero-order valence-electron chi connectivity index (χ0n) is 10.7. The second-order valence-corrected chi connectivity index (χ2v) is 4.93. The number of anilines is 1. The molecule has 0 aliphatic carbocycles. The predicted molar refractivity (Wildman–Crippen MR) is 69.7 cm³/mol. The van der Waals surface area contributed by atoms with E-state index >= 15 is 0 Å². The molecule has 2 aromatic rings. The van der Waals surface area contributed by atoms with Gasteiger partial charge in [0, 0.05) is 25.0 Å². The number of alkyl halides is 3. The molecular weight excluding hydrogens is 289 g/mol. The molecule has 1 N–H and O–H groups in total. The lowest BCUT2D eigenvalue weighted by atomic mass is 10.3. The van der Waals surface area contributed by atoms with Crippen molar-refractivity contribution in [2.75, 3.05) is 12.4 Å². The first-order chi connectivity index (χ1) is 9.40. The molecule has 0 aliphatic rings. The minimum Gasteiger partial charge on any atom is -0.357 e. The number of aryl methyl sites for hydroxylation is 1. The van der Waals surface area contributed by atoms with Gasteiger partial charge < -0.3 is 5.32 Å². The molecule has 106 valence electrons. The second-order valence-electron chi connectivity index (χ2n) is 3.92. The highest BCUT2D eigenvalue weighted by Crippen LogP contribution is 2.31. The van der Waals surface area contributed by atoms with Gasteiger partial charge in [0.15, 0.2) is 0 Å². The van der Waals surface area contributed by atoms with Crippen LogP contribution in [0.25, 0.3) is 0 Å². The average Bonchev–Trinajstić information content (AvgIpc) is 2.41. The lowest BCUT2D eigenvalue weighted by Crippen LogP contribution is -2.05. The molecule has 0 bridgehead atoms. The highest BCUT2D eigenvalue weighted by Gasteiger charge is 2.30. The zero-order valence-corrected chi connectivity index (χ0v) is 11.5. The molecule has 0 saturated heterocycles. The van der Waals surface area contributed by atoms with Crippen molar-refractivity contribution in [3.63, 3.8) is 0 Å². The molecule has 0 unspecified atom stereocenters. The van der Waals surface area contributed by atoms with Gasteiger partial charge in [0.05, 0.1) is 5.56 Å². The van der Waals surface area contributed by atoms with E-state index in [0.29, 0.717) is 16.0 Å². The fraction of sp³-hybridized carbons (Fsp3) is 0.250. The van der Waals surface area contributed by atoms with Crippen molar-refractivity contribution in [2.24, 2.45) is 0 Å². The topological polar surface area (TPSA) is 50.7 Å². The first-order valence-electron chi connectivity index (χ1n) is 5.62. The Morgan fingerprint density at radius 3 is 2.45 bits per heavy atom. The maximum absolute atomic E-state index is 12.4. The number of hydrogen-bond donors (Lipinski definition) is 1. The molecule has 0 aromatic carbocycles. The largest absolute Gasteiger partial charge is 0.417 e. The summed E-state index contributed by atoms with van der Waals surface area (Å²) in [5.74, 6) is 0.449. The fourth-order valence-electron chi connectivity index (χ4n) is 1.36. The quantitative estimate of drug-likeness (QED) is 0.881. The number of pyridine rings is 1. The summed E-state index contributed by atoms with van der Waals surface area (Å²) in [6, 6.07) is 2.33. The summed E-state index contributed by atoms with van der Waals surface area (Å²) >= 11 is 1.19. The summed E-state index contributed by atoms with van der Waals surface area (Å²) in [4.78, 5) is 12.1. The van der Waals surface area contributed by atoms with Crippen LogP contribution in [-0.4, -0.2) is 22.0 Å². The number of nitrogens with zero attached hydrogens (tertiary/aromatic N) is 3. The number of rotatable bonds is 3. The summed E-state index contributed by atoms with van der Waals surface area (Å²) < 4.78 is 37.3. The molecule has 0 radical (unpaired) electrons. The molecule has 0 atom stereocenters. The van der Waals surface area contributed by atoms with Crippen LogP contribution in [0.15, 0.2) is 34.6 Å². The van der Waals surface area contributed by atoms with Gasteiger partial charge in [-0.1, -0.05) is 0 Å². The predicted octanol–water partition coefficient (Wildman–Crippen LogP) is 3.39. The molecule has 2 rings (SSSR count). The maximum Gasteiger partial charge on any atom is 0.417 e. The van der Waals surface area contributed by atoms with E-state index in [1.807, 2.05) is 6.92 Å². The summed E-state index contributed by atoms with van der Waals surface area (Å²) in [7, 11) is 1.69. The molecule has 2 heterocycles. The number of aromatic nitrogens is 3. The van der Waals surface area contributed by atoms with E-state index in [1.165, 1.54) is 17.8 Å². The van der Waals surface area contributed by atoms with Crippen LogP contribution in [0.5, 0.6) is 0 Å². The van der Waals surface area contributed by atoms with E-state index in [-0.39, 0.29) is 0 Å². The van der Waals surface area contributed by atoms with Gasteiger partial charge in [-0.25, -0.2) is 15.0 Å². The number of nitrogens with one attached hydrogen (secondary N) is 1. The second kappa shape index (κ2) is 5.66. The molecule has 4 nitrogen and oxygen atoms in total. The third-order valence-corrected chi connectivity index (χ3v) is 3.47. The molecule has 0 fully saturated rings. The van der Waals surface area contributed by atoms with E-state index in [9.17, 15) is 13.2 Å². The number of halogens is 3. The SMILES string of the molecule is CNc1ncc(C)c(Sc2ccc(C(F)(F)F)cn2)n1. The van der Waals surface area contributed by atoms with Crippen molar-refractivity contribution in [2.45, 2.75) is 23.2 Å². The monoisotopic (exact) mass is 300 g/mol. The van der Waals surface area contributed by atoms with Crippen molar-refractivity contribution in [3.05, 3.63) is 35.7 Å². The fourth-order valence-corrected chi connectivity index (χ4v) is 2.14. The molecule has 2 aromatic heterocycles. The van der Waals surface area contributed by atoms with Crippen LogP contribution in [-0.2, 0) is 6.18 Å². The summed E-state index contributed by atoms with van der Waals surface area (Å²) in [5.41, 5.74) is 0.0628. The first-order valence-corrected chi connectivity index (χ1v) is 6.44. The van der Waals surface area contributed by atoms with Crippen LogP contribution in [0.4, 0.5) is 19.1 Å². The average molecular weight is 300 g/mol. The summed E-state index contributed by atoms with van der Waals surface area (Å²) in [6.45, 7) is 1.83. The maximum atomic E-state index is 12.4. The van der Waals surface area contributed by atoms with Crippen molar-refractivity contribution in [3.8, 4) is 0 Å². The van der Waals surface area contributed by atoms with Gasteiger partial charge in [-0.15, -0.1) is 0 Å². The Morgan fingerprint density at radius 1 is 1.15 bits per heavy atom. The molecular formula is C12H11F3N4S. The normalized spacial score (nSPS) is 11.4. The van der Waals surface area contributed by atoms with E-state index in [0.717, 1.165) is 17.8 Å². The van der Waals surface area contributed by atoms with Crippen molar-refractivity contribution >= 4 is 17.7 Å². The molecule has 0 aliphatic heterocycles. The van der Waals surface area contributed by atoms with E-state index in [4.69, 9.17) is 0 Å². The van der Waals surface area contributed by atoms with Crippen LogP contribution in [0, 0.1) is 6.92 Å². The third-order valence-electron chi connectivity index (χ3n) is 2.41. The third kappa shape index (κ3) is 3.38. The standard InChI is InChI=1S/C12H11F3N4S/c1-7-5-18-11(16-2)19-10(7)20-9-4-3-8(6-17-9)12(13,14)15/h3-6H,1-2H3,(H,16,18,19). The highest BCUT2D eigenvalue weighted by molar-refractivity contribution is 7.99. The van der Waals surface area contributed by atoms with Crippen LogP contribution < -0.4 is 5.32 Å². The van der Waals surface area contributed by atoms with Crippen LogP contribution in [0.3, 0.4) is 0 Å². The van der Waals surface area contributed by atoms with Crippen LogP contribution in [0.1, 0.15) is 11.1 Å². The summed E-state index contributed by atoms with van der Waals surface area (Å²) in [6.07, 6.45) is -1.91. The number of hydrogen-bond acceptors (Lipinski definition) is 5. The van der Waals surface area contributed by atoms with Gasteiger partial charge in [0.1, 0.15) is 10.1 Å². The van der Waals surface area contributed by atoms with Gasteiger partial charge in [0.2, 0.25) is 5.95 Å². The Hall–Kier alpha value is -1.83. The Balaban J connectivity index is 2.22. The molecule has 0 saturated carbocycles. The Labute approximate surface area is 117 Å². The van der Waals surface area contributed by atoms with Gasteiger partial charge >= 0.3 is 6.18 Å². The van der Waals surface area contributed by atoms with Crippen molar-refractivity contribution in [1.82, 2.24) is 15.0 Å². The minimum atomic E-state index is -4.37. The molecule has 8 heteroatoms. The van der Waals surface area contributed by atoms with E-state index in [2.05, 4.69) is 20.3 Å². The van der Waals surface area contributed by atoms with Crippen molar-refractivity contribution < 1.29 is 13.2 Å². The zero-order chi connectivity index (χ0) is 14.8. The summed E-state index contributed by atoms with van der Waals surface area (Å²) in [5, 5.41) is 3.90. The minimum absolute atomic E-state index is 0.446. The lowest BCUT2D eigenvalue weighted by Gasteiger charge is -2.08. The molecule has 0 spiro atoms. The first kappa shape index (κ1) is 14.6. The van der Waals surface area contributed by atoms with E-state index < -0.39 is 11.7 Å². The van der Waals surface area contributed by atoms with Crippen LogP contribution in [0.2, 0.25) is 0 Å². The Bertz CT molecular complexity index is 599. The molecule has 20 heavy (non-hydrogen) atoms. The van der Waals surface area contributed by atoms with Gasteiger partial charge in [0.25, 0.3) is 0 Å². The lowest BCUT2D eigenvalue weighted by molar-refractivity contribution is -0.137. The van der Waals surface area contributed by atoms with E-state index in [1.54, 1.807) is 13.2 Å². The van der Waals surface area contributed by atoms with Crippen molar-refractivity contribution in [1.29, 1.82) is 0 Å². The highest BCUT2D eigenvalue weighted by atomic mass is 32.2.